The van der Waals surface area contributed by atoms with Crippen LogP contribution in [0.25, 0.3) is 0 Å². The van der Waals surface area contributed by atoms with Crippen LogP contribution in [0.2, 0.25) is 0 Å². The minimum Gasteiger partial charge on any atom is -0.463 e. The van der Waals surface area contributed by atoms with Crippen molar-refractivity contribution >= 4 is 5.97 Å². The van der Waals surface area contributed by atoms with E-state index in [1.54, 1.807) is 0 Å². The van der Waals surface area contributed by atoms with Crippen LogP contribution in [-0.4, -0.2) is 28.7 Å². The molecular formula is C30H46N2O5. The Labute approximate surface area is 221 Å². The van der Waals surface area contributed by atoms with Crippen molar-refractivity contribution in [3.05, 3.63) is 68.5 Å². The number of benzene rings is 1. The van der Waals surface area contributed by atoms with Gasteiger partial charge in [0.2, 0.25) is 0 Å². The van der Waals surface area contributed by atoms with Gasteiger partial charge >= 0.3 is 11.7 Å². The zero-order chi connectivity index (χ0) is 26.6. The Morgan fingerprint density at radius 3 is 2.03 bits per heavy atom. The van der Waals surface area contributed by atoms with Crippen LogP contribution in [0.15, 0.2) is 46.1 Å². The highest BCUT2D eigenvalue weighted by atomic mass is 16.6. The van der Waals surface area contributed by atoms with E-state index in [0.29, 0.717) is 18.4 Å². The lowest BCUT2D eigenvalue weighted by Crippen LogP contribution is -2.32. The van der Waals surface area contributed by atoms with Crippen molar-refractivity contribution < 1.29 is 14.3 Å². The van der Waals surface area contributed by atoms with Gasteiger partial charge in [0.25, 0.3) is 5.56 Å². The van der Waals surface area contributed by atoms with Crippen LogP contribution in [0.4, 0.5) is 0 Å². The van der Waals surface area contributed by atoms with E-state index in [-0.39, 0.29) is 25.9 Å². The summed E-state index contributed by atoms with van der Waals surface area (Å²) in [6.07, 6.45) is 18.9. The van der Waals surface area contributed by atoms with Crippen LogP contribution in [0.1, 0.15) is 108 Å². The summed E-state index contributed by atoms with van der Waals surface area (Å²) in [5.74, 6) is -0.210. The van der Waals surface area contributed by atoms with E-state index in [0.717, 1.165) is 18.4 Å². The summed E-state index contributed by atoms with van der Waals surface area (Å²) in [5, 5.41) is 0. The van der Waals surface area contributed by atoms with Gasteiger partial charge < -0.3 is 9.47 Å². The molecule has 7 heteroatoms. The fraction of sp³-hybridized carbons (Fsp3) is 0.633. The number of nitrogens with zero attached hydrogens (tertiary/aromatic N) is 1. The molecule has 0 saturated carbocycles. The monoisotopic (exact) mass is 514 g/mol. The van der Waals surface area contributed by atoms with E-state index >= 15 is 0 Å². The number of carbonyl (C=O) groups excluding carboxylic acids is 1. The predicted octanol–water partition coefficient (Wildman–Crippen LogP) is 6.13. The first-order valence-corrected chi connectivity index (χ1v) is 14.2. The third kappa shape index (κ3) is 14.0. The molecule has 0 fully saturated rings. The first kappa shape index (κ1) is 30.6. The zero-order valence-electron chi connectivity index (χ0n) is 22.7. The maximum atomic E-state index is 12.1. The Balaban J connectivity index is 1.48. The van der Waals surface area contributed by atoms with E-state index in [2.05, 4.69) is 11.9 Å². The number of nitrogens with one attached hydrogen (secondary N) is 1. The minimum absolute atomic E-state index is 0.0200. The van der Waals surface area contributed by atoms with Gasteiger partial charge in [0.1, 0.15) is 13.3 Å². The van der Waals surface area contributed by atoms with Gasteiger partial charge in [-0.3, -0.25) is 19.1 Å². The van der Waals surface area contributed by atoms with Crippen molar-refractivity contribution in [2.75, 3.05) is 13.2 Å². The largest absolute Gasteiger partial charge is 0.463 e. The molecule has 0 radical (unpaired) electrons. The molecule has 0 unspecified atom stereocenters. The van der Waals surface area contributed by atoms with Crippen molar-refractivity contribution in [2.24, 2.45) is 0 Å². The lowest BCUT2D eigenvalue weighted by Gasteiger charge is -2.09. The smallest absolute Gasteiger partial charge is 0.330 e. The lowest BCUT2D eigenvalue weighted by atomic mass is 10.0. The van der Waals surface area contributed by atoms with Crippen LogP contribution >= 0.6 is 0 Å². The topological polar surface area (TPSA) is 90.4 Å². The molecule has 0 saturated heterocycles. The number of aromatic amines is 1. The van der Waals surface area contributed by atoms with Gasteiger partial charge in [-0.15, -0.1) is 0 Å². The van der Waals surface area contributed by atoms with Crippen molar-refractivity contribution in [3.63, 3.8) is 0 Å². The molecule has 0 atom stereocenters. The summed E-state index contributed by atoms with van der Waals surface area (Å²) in [5.41, 5.74) is 0.543. The maximum Gasteiger partial charge on any atom is 0.330 e. The van der Waals surface area contributed by atoms with Crippen molar-refractivity contribution in [3.8, 4) is 0 Å². The highest BCUT2D eigenvalue weighted by Crippen LogP contribution is 2.13. The quantitative estimate of drug-likeness (QED) is 0.160. The number of carbonyl (C=O) groups is 1. The minimum atomic E-state index is -0.527. The molecule has 0 aliphatic rings. The molecule has 0 aliphatic heterocycles. The van der Waals surface area contributed by atoms with Crippen LogP contribution < -0.4 is 11.2 Å². The van der Waals surface area contributed by atoms with Gasteiger partial charge in [-0.05, 0) is 12.0 Å². The van der Waals surface area contributed by atoms with Crippen molar-refractivity contribution in [1.29, 1.82) is 0 Å². The molecule has 1 heterocycles. The second-order valence-corrected chi connectivity index (χ2v) is 9.80. The van der Waals surface area contributed by atoms with Gasteiger partial charge in [0.15, 0.2) is 0 Å². The average Bonchev–Trinajstić information content (AvgIpc) is 2.89. The molecular weight excluding hydrogens is 468 g/mol. The van der Waals surface area contributed by atoms with E-state index in [1.807, 2.05) is 30.3 Å². The van der Waals surface area contributed by atoms with Crippen LogP contribution in [0.5, 0.6) is 0 Å². The lowest BCUT2D eigenvalue weighted by molar-refractivity contribution is -0.145. The highest BCUT2D eigenvalue weighted by molar-refractivity contribution is 5.69. The number of aromatic nitrogens is 2. The number of rotatable bonds is 21. The van der Waals surface area contributed by atoms with Gasteiger partial charge in [-0.2, -0.15) is 0 Å². The Kier molecular flexibility index (Phi) is 16.1. The number of hydrogen-bond donors (Lipinski definition) is 1. The molecule has 2 aromatic rings. The zero-order valence-corrected chi connectivity index (χ0v) is 22.7. The third-order valence-corrected chi connectivity index (χ3v) is 6.53. The standard InChI is InChI=1S/C30H46N2O5/c1-2-3-4-5-6-7-8-9-10-11-12-13-17-20-28(33)37-22-21-36-25-32-24-27(29(34)31-30(32)35)23-26-18-15-14-16-19-26/h14-16,18-19,24H,2-13,17,20-23,25H2,1H3,(H,31,34,35). The summed E-state index contributed by atoms with van der Waals surface area (Å²) in [7, 11) is 0. The van der Waals surface area contributed by atoms with E-state index < -0.39 is 11.2 Å². The number of hydrogen-bond acceptors (Lipinski definition) is 5. The fourth-order valence-electron chi connectivity index (χ4n) is 4.33. The molecule has 1 aromatic carbocycles. The van der Waals surface area contributed by atoms with Crippen LogP contribution in [-0.2, 0) is 27.4 Å². The highest BCUT2D eigenvalue weighted by Gasteiger charge is 2.07. The number of esters is 1. The van der Waals surface area contributed by atoms with Gasteiger partial charge in [-0.25, -0.2) is 4.79 Å². The molecule has 1 aromatic heterocycles. The molecule has 1 N–H and O–H groups in total. The molecule has 0 spiro atoms. The normalized spacial score (nSPS) is 11.1. The summed E-state index contributed by atoms with van der Waals surface area (Å²) >= 11 is 0. The van der Waals surface area contributed by atoms with Gasteiger partial charge in [0, 0.05) is 24.6 Å². The SMILES string of the molecule is CCCCCCCCCCCCCCCC(=O)OCCOCn1cc(Cc2ccccc2)c(=O)[nH]c1=O. The van der Waals surface area contributed by atoms with Gasteiger partial charge in [-0.1, -0.05) is 114 Å². The van der Waals surface area contributed by atoms with Crippen LogP contribution in [0.3, 0.4) is 0 Å². The fourth-order valence-corrected chi connectivity index (χ4v) is 4.33. The summed E-state index contributed by atoms with van der Waals surface area (Å²) < 4.78 is 12.0. The second kappa shape index (κ2) is 19.4. The third-order valence-electron chi connectivity index (χ3n) is 6.53. The molecule has 7 nitrogen and oxygen atoms in total. The molecule has 0 aliphatic carbocycles. The molecule has 0 bridgehead atoms. The van der Waals surface area contributed by atoms with E-state index in [4.69, 9.17) is 9.47 Å². The molecule has 0 amide bonds. The molecule has 206 valence electrons. The summed E-state index contributed by atoms with van der Waals surface area (Å²) in [6, 6.07) is 9.58. The Hall–Kier alpha value is -2.67. The van der Waals surface area contributed by atoms with Crippen molar-refractivity contribution in [2.45, 2.75) is 110 Å². The molecule has 2 rings (SSSR count). The number of unbranched alkanes of at least 4 members (excludes halogenated alkanes) is 12. The first-order valence-electron chi connectivity index (χ1n) is 14.2. The van der Waals surface area contributed by atoms with E-state index in [1.165, 1.54) is 81.4 Å². The average molecular weight is 515 g/mol. The Morgan fingerprint density at radius 2 is 1.41 bits per heavy atom. The summed E-state index contributed by atoms with van der Waals surface area (Å²) in [4.78, 5) is 38.4. The predicted molar refractivity (Wildman–Crippen MR) is 148 cm³/mol. The Bertz CT molecular complexity index is 983. The molecule has 37 heavy (non-hydrogen) atoms. The van der Waals surface area contributed by atoms with Crippen molar-refractivity contribution in [1.82, 2.24) is 9.55 Å². The van der Waals surface area contributed by atoms with E-state index in [9.17, 15) is 14.4 Å². The number of H-pyrrole nitrogens is 1. The first-order chi connectivity index (χ1) is 18.1. The summed E-state index contributed by atoms with van der Waals surface area (Å²) in [6.45, 7) is 2.56. The van der Waals surface area contributed by atoms with Crippen LogP contribution in [0, 0.1) is 0 Å². The number of ether oxygens (including phenoxy) is 2. The van der Waals surface area contributed by atoms with Gasteiger partial charge in [0.05, 0.1) is 6.61 Å². The maximum absolute atomic E-state index is 12.1. The Morgan fingerprint density at radius 1 is 0.811 bits per heavy atom. The second-order valence-electron chi connectivity index (χ2n) is 9.80.